The minimum atomic E-state index is -0.200. The first kappa shape index (κ1) is 18.0. The van der Waals surface area contributed by atoms with Crippen LogP contribution < -0.4 is 4.90 Å². The second kappa shape index (κ2) is 6.05. The Morgan fingerprint density at radius 2 is 1.70 bits per heavy atom. The summed E-state index contributed by atoms with van der Waals surface area (Å²) >= 11 is 0. The van der Waals surface area contributed by atoms with Crippen LogP contribution in [0.5, 0.6) is 0 Å². The van der Waals surface area contributed by atoms with Crippen molar-refractivity contribution in [2.45, 2.75) is 52.0 Å². The number of hydrogen-bond acceptors (Lipinski definition) is 2. The van der Waals surface area contributed by atoms with Gasteiger partial charge in [-0.2, -0.15) is 0 Å². The summed E-state index contributed by atoms with van der Waals surface area (Å²) in [7, 11) is 0. The van der Waals surface area contributed by atoms with Gasteiger partial charge in [-0.15, -0.1) is 0 Å². The molecule has 4 rings (SSSR count). The largest absolute Gasteiger partial charge is 0.312 e. The molecule has 0 bridgehead atoms. The average Bonchev–Trinajstić information content (AvgIpc) is 2.64. The van der Waals surface area contributed by atoms with Crippen molar-refractivity contribution in [2.75, 3.05) is 11.4 Å². The molecule has 0 fully saturated rings. The summed E-state index contributed by atoms with van der Waals surface area (Å²) in [6.45, 7) is 11.4. The number of para-hydroxylation sites is 1. The molecule has 2 aromatic carbocycles. The fraction of sp³-hybridized carbons (Fsp3) is 0.417. The molecule has 1 atom stereocenters. The number of aliphatic imine (C=N–C) groups is 1. The van der Waals surface area contributed by atoms with Crippen molar-refractivity contribution in [3.8, 4) is 0 Å². The van der Waals surface area contributed by atoms with Gasteiger partial charge in [-0.05, 0) is 43.0 Å². The molecule has 2 aromatic rings. The van der Waals surface area contributed by atoms with E-state index in [9.17, 15) is 4.79 Å². The molecule has 27 heavy (non-hydrogen) atoms. The zero-order valence-corrected chi connectivity index (χ0v) is 16.9. The molecule has 140 valence electrons. The summed E-state index contributed by atoms with van der Waals surface area (Å²) in [6, 6.07) is 16.9. The maximum atomic E-state index is 12.4. The summed E-state index contributed by atoms with van der Waals surface area (Å²) in [4.78, 5) is 19.5. The molecule has 2 aliphatic heterocycles. The molecular formula is C24H28N2O. The standard InChI is InChI=1S/C24H28N2O/c1-16(27)26-15-18(14-17-10-6-9-13-21(17)26)22-19-11-7-8-12-20(19)23(2,3)24(4,5)25-22/h6-13,18H,14-15H2,1-5H3. The van der Waals surface area contributed by atoms with Crippen molar-refractivity contribution in [3.63, 3.8) is 0 Å². The summed E-state index contributed by atoms with van der Waals surface area (Å²) in [5.41, 5.74) is 5.78. The van der Waals surface area contributed by atoms with Gasteiger partial charge in [0.15, 0.2) is 0 Å². The first-order chi connectivity index (χ1) is 12.7. The number of nitrogens with zero attached hydrogens (tertiary/aromatic N) is 2. The maximum absolute atomic E-state index is 12.4. The average molecular weight is 361 g/mol. The highest BCUT2D eigenvalue weighted by atomic mass is 16.2. The van der Waals surface area contributed by atoms with Crippen LogP contribution in [-0.2, 0) is 16.6 Å². The lowest BCUT2D eigenvalue weighted by atomic mass is 9.65. The molecule has 0 radical (unpaired) electrons. The first-order valence-electron chi connectivity index (χ1n) is 9.78. The lowest BCUT2D eigenvalue weighted by Crippen LogP contribution is -2.49. The fourth-order valence-electron chi connectivity index (χ4n) is 4.47. The van der Waals surface area contributed by atoms with Crippen molar-refractivity contribution in [1.29, 1.82) is 0 Å². The van der Waals surface area contributed by atoms with E-state index in [1.54, 1.807) is 6.92 Å². The van der Waals surface area contributed by atoms with E-state index >= 15 is 0 Å². The quantitative estimate of drug-likeness (QED) is 0.721. The molecule has 0 aromatic heterocycles. The van der Waals surface area contributed by atoms with Crippen LogP contribution in [0, 0.1) is 5.92 Å². The minimum absolute atomic E-state index is 0.0417. The fourth-order valence-corrected chi connectivity index (χ4v) is 4.47. The van der Waals surface area contributed by atoms with Crippen LogP contribution in [0.25, 0.3) is 0 Å². The van der Waals surface area contributed by atoms with Gasteiger partial charge >= 0.3 is 0 Å². The third-order valence-electron chi connectivity index (χ3n) is 6.72. The number of hydrogen-bond donors (Lipinski definition) is 0. The van der Waals surface area contributed by atoms with Crippen LogP contribution in [-0.4, -0.2) is 23.7 Å². The number of rotatable bonds is 1. The predicted octanol–water partition coefficient (Wildman–Crippen LogP) is 4.77. The van der Waals surface area contributed by atoms with Gasteiger partial charge in [-0.3, -0.25) is 9.79 Å². The third-order valence-corrected chi connectivity index (χ3v) is 6.72. The molecule has 1 unspecified atom stereocenters. The molecule has 0 saturated carbocycles. The van der Waals surface area contributed by atoms with Crippen LogP contribution in [0.15, 0.2) is 53.5 Å². The molecule has 2 heterocycles. The summed E-state index contributed by atoms with van der Waals surface area (Å²) < 4.78 is 0. The lowest BCUT2D eigenvalue weighted by Gasteiger charge is -2.46. The highest BCUT2D eigenvalue weighted by Gasteiger charge is 2.45. The first-order valence-corrected chi connectivity index (χ1v) is 9.78. The van der Waals surface area contributed by atoms with Gasteiger partial charge in [-0.25, -0.2) is 0 Å². The molecule has 0 N–H and O–H groups in total. The number of amides is 1. The van der Waals surface area contributed by atoms with Crippen molar-refractivity contribution in [3.05, 3.63) is 65.2 Å². The van der Waals surface area contributed by atoms with Gasteiger partial charge in [0.1, 0.15) is 0 Å². The Morgan fingerprint density at radius 1 is 1.04 bits per heavy atom. The van der Waals surface area contributed by atoms with Gasteiger partial charge < -0.3 is 4.90 Å². The smallest absolute Gasteiger partial charge is 0.223 e. The van der Waals surface area contributed by atoms with E-state index in [-0.39, 0.29) is 22.8 Å². The Labute approximate surface area is 162 Å². The molecule has 0 spiro atoms. The van der Waals surface area contributed by atoms with E-state index in [1.807, 2.05) is 11.0 Å². The van der Waals surface area contributed by atoms with Gasteiger partial charge in [-0.1, -0.05) is 56.3 Å². The number of carbonyl (C=O) groups is 1. The number of benzene rings is 2. The zero-order valence-electron chi connectivity index (χ0n) is 16.9. The summed E-state index contributed by atoms with van der Waals surface area (Å²) in [5.74, 6) is 0.303. The van der Waals surface area contributed by atoms with Crippen molar-refractivity contribution >= 4 is 17.3 Å². The maximum Gasteiger partial charge on any atom is 0.223 e. The Hall–Kier alpha value is -2.42. The normalized spacial score (nSPS) is 22.5. The van der Waals surface area contributed by atoms with Crippen LogP contribution in [0.1, 0.15) is 51.3 Å². The second-order valence-electron chi connectivity index (χ2n) is 8.89. The highest BCUT2D eigenvalue weighted by Crippen LogP contribution is 2.45. The molecule has 3 heteroatoms. The van der Waals surface area contributed by atoms with Crippen LogP contribution in [0.4, 0.5) is 5.69 Å². The van der Waals surface area contributed by atoms with E-state index in [2.05, 4.69) is 70.2 Å². The monoisotopic (exact) mass is 360 g/mol. The molecular weight excluding hydrogens is 332 g/mol. The SMILES string of the molecule is CC(=O)N1CC(C2=NC(C)(C)C(C)(C)c3ccccc32)Cc2ccccc21. The molecule has 0 aliphatic carbocycles. The minimum Gasteiger partial charge on any atom is -0.312 e. The van der Waals surface area contributed by atoms with Gasteiger partial charge in [0.25, 0.3) is 0 Å². The van der Waals surface area contributed by atoms with Gasteiger partial charge in [0.05, 0.1) is 5.54 Å². The topological polar surface area (TPSA) is 32.7 Å². The second-order valence-corrected chi connectivity index (χ2v) is 8.89. The summed E-state index contributed by atoms with van der Waals surface area (Å²) in [5, 5.41) is 0. The van der Waals surface area contributed by atoms with Crippen molar-refractivity contribution < 1.29 is 4.79 Å². The zero-order chi connectivity index (χ0) is 19.4. The van der Waals surface area contributed by atoms with E-state index in [1.165, 1.54) is 16.7 Å². The van der Waals surface area contributed by atoms with Crippen LogP contribution in [0.3, 0.4) is 0 Å². The number of anilines is 1. The predicted molar refractivity (Wildman–Crippen MR) is 112 cm³/mol. The Bertz CT molecular complexity index is 939. The van der Waals surface area contributed by atoms with E-state index in [0.29, 0.717) is 6.54 Å². The van der Waals surface area contributed by atoms with Gasteiger partial charge in [0, 0.05) is 36.2 Å². The third kappa shape index (κ3) is 2.72. The molecule has 1 amide bonds. The van der Waals surface area contributed by atoms with Crippen molar-refractivity contribution in [1.82, 2.24) is 0 Å². The van der Waals surface area contributed by atoms with Gasteiger partial charge in [0.2, 0.25) is 5.91 Å². The highest BCUT2D eigenvalue weighted by molar-refractivity contribution is 6.07. The Balaban J connectivity index is 1.84. The molecule has 2 aliphatic rings. The van der Waals surface area contributed by atoms with E-state index < -0.39 is 0 Å². The lowest BCUT2D eigenvalue weighted by molar-refractivity contribution is -0.116. The molecule has 3 nitrogen and oxygen atoms in total. The Kier molecular flexibility index (Phi) is 4.03. The van der Waals surface area contributed by atoms with E-state index in [4.69, 9.17) is 4.99 Å². The van der Waals surface area contributed by atoms with Crippen LogP contribution >= 0.6 is 0 Å². The summed E-state index contributed by atoms with van der Waals surface area (Å²) in [6.07, 6.45) is 0.920. The van der Waals surface area contributed by atoms with Crippen molar-refractivity contribution in [2.24, 2.45) is 10.9 Å². The molecule has 0 saturated heterocycles. The number of carbonyl (C=O) groups excluding carboxylic acids is 1. The van der Waals surface area contributed by atoms with E-state index in [0.717, 1.165) is 17.8 Å². The Morgan fingerprint density at radius 3 is 2.44 bits per heavy atom. The van der Waals surface area contributed by atoms with Crippen LogP contribution in [0.2, 0.25) is 0 Å². The number of fused-ring (bicyclic) bond motifs is 2.